The van der Waals surface area contributed by atoms with Crippen LogP contribution in [0.2, 0.25) is 5.02 Å². The van der Waals surface area contributed by atoms with E-state index in [2.05, 4.69) is 29.8 Å². The Morgan fingerprint density at radius 3 is 2.40 bits per heavy atom. The first-order chi connectivity index (χ1) is 8.96. The molecule has 7 heteroatoms. The Kier molecular flexibility index (Phi) is 9.47. The van der Waals surface area contributed by atoms with E-state index in [1.165, 1.54) is 14.2 Å². The van der Waals surface area contributed by atoms with Crippen LogP contribution in [0.25, 0.3) is 0 Å². The molecule has 1 radical (unpaired) electrons. The quantitative estimate of drug-likeness (QED) is 0.548. The molecule has 0 spiro atoms. The van der Waals surface area contributed by atoms with Gasteiger partial charge in [0, 0.05) is 18.9 Å². The molecule has 20 heavy (non-hydrogen) atoms. The van der Waals surface area contributed by atoms with Gasteiger partial charge in [0.2, 0.25) is 0 Å². The molecule has 0 saturated heterocycles. The van der Waals surface area contributed by atoms with Crippen molar-refractivity contribution in [3.8, 4) is 11.5 Å². The van der Waals surface area contributed by atoms with Gasteiger partial charge in [0.15, 0.2) is 11.3 Å². The fraction of sp³-hybridized carbons (Fsp3) is 0.462. The zero-order chi connectivity index (χ0) is 14.6. The van der Waals surface area contributed by atoms with Gasteiger partial charge in [0.1, 0.15) is 11.3 Å². The standard InChI is InChI=1S/C13H17BrClO3P.Li/c1-5-7(2)19-13(16)10-11(17-3)8(14)6-9(15)12(10)18-4;/h6-7,19H,5H2,1-4H3;. The number of rotatable bonds is 6. The van der Waals surface area contributed by atoms with Crippen LogP contribution in [0.1, 0.15) is 30.6 Å². The van der Waals surface area contributed by atoms with Crippen molar-refractivity contribution in [1.82, 2.24) is 0 Å². The van der Waals surface area contributed by atoms with Crippen LogP contribution in [0, 0.1) is 0 Å². The van der Waals surface area contributed by atoms with Gasteiger partial charge < -0.3 is 9.47 Å². The van der Waals surface area contributed by atoms with E-state index < -0.39 is 0 Å². The molecule has 0 aliphatic carbocycles. The van der Waals surface area contributed by atoms with Gasteiger partial charge in [-0.1, -0.05) is 25.4 Å². The molecular weight excluding hydrogens is 357 g/mol. The maximum Gasteiger partial charge on any atom is 0.188 e. The Hall–Kier alpha value is 0.287. The number of hydrogen-bond donors (Lipinski definition) is 0. The molecular formula is C13H17BrClLiO3P. The molecule has 0 aromatic heterocycles. The van der Waals surface area contributed by atoms with E-state index in [0.29, 0.717) is 32.2 Å². The van der Waals surface area contributed by atoms with Gasteiger partial charge in [-0.3, -0.25) is 4.79 Å². The number of carbonyl (C=O) groups excluding carboxylic acids is 1. The van der Waals surface area contributed by atoms with E-state index in [1.807, 2.05) is 0 Å². The van der Waals surface area contributed by atoms with Crippen molar-refractivity contribution in [3.05, 3.63) is 21.1 Å². The molecule has 0 fully saturated rings. The van der Waals surface area contributed by atoms with Crippen molar-refractivity contribution in [2.45, 2.75) is 25.9 Å². The average molecular weight is 375 g/mol. The molecule has 0 amide bonds. The predicted octanol–water partition coefficient (Wildman–Crippen LogP) is 4.36. The van der Waals surface area contributed by atoms with Crippen molar-refractivity contribution in [2.75, 3.05) is 14.2 Å². The molecule has 3 nitrogen and oxygen atoms in total. The Balaban J connectivity index is 0.00000361. The van der Waals surface area contributed by atoms with Gasteiger partial charge in [-0.15, -0.1) is 0 Å². The molecule has 0 aliphatic rings. The second-order valence-electron chi connectivity index (χ2n) is 4.06. The molecule has 0 bridgehead atoms. The maximum absolute atomic E-state index is 12.5. The third kappa shape index (κ3) is 4.65. The minimum absolute atomic E-state index is 0. The summed E-state index contributed by atoms with van der Waals surface area (Å²) in [5, 5.41) is 0.396. The van der Waals surface area contributed by atoms with Crippen molar-refractivity contribution in [3.63, 3.8) is 0 Å². The zero-order valence-electron chi connectivity index (χ0n) is 12.3. The van der Waals surface area contributed by atoms with Crippen LogP contribution in [-0.2, 0) is 0 Å². The summed E-state index contributed by atoms with van der Waals surface area (Å²) in [7, 11) is 3.19. The third-order valence-electron chi connectivity index (χ3n) is 2.77. The summed E-state index contributed by atoms with van der Waals surface area (Å²) in [6, 6.07) is 1.67. The second kappa shape index (κ2) is 9.33. The minimum atomic E-state index is 0. The van der Waals surface area contributed by atoms with Crippen molar-refractivity contribution in [1.29, 1.82) is 0 Å². The van der Waals surface area contributed by atoms with Gasteiger partial charge >= 0.3 is 0 Å². The molecule has 107 valence electrons. The number of methoxy groups -OCH3 is 2. The number of carbonyl (C=O) groups is 1. The summed E-state index contributed by atoms with van der Waals surface area (Å²) >= 11 is 9.48. The molecule has 0 aliphatic heterocycles. The van der Waals surface area contributed by atoms with Crippen molar-refractivity contribution in [2.24, 2.45) is 0 Å². The van der Waals surface area contributed by atoms with Gasteiger partial charge in [0.25, 0.3) is 0 Å². The predicted molar refractivity (Wildman–Crippen MR) is 90.4 cm³/mol. The number of ether oxygens (including phenoxy) is 2. The first kappa shape index (κ1) is 20.3. The van der Waals surface area contributed by atoms with E-state index in [4.69, 9.17) is 21.1 Å². The van der Waals surface area contributed by atoms with E-state index in [-0.39, 0.29) is 33.0 Å². The first-order valence-corrected chi connectivity index (χ1v) is 8.11. The number of halogens is 2. The third-order valence-corrected chi connectivity index (χ3v) is 5.05. The van der Waals surface area contributed by atoms with E-state index in [1.54, 1.807) is 6.07 Å². The summed E-state index contributed by atoms with van der Waals surface area (Å²) < 4.78 is 11.2. The Morgan fingerprint density at radius 1 is 1.40 bits per heavy atom. The number of benzene rings is 1. The Labute approximate surface area is 147 Å². The molecule has 1 rings (SSSR count). The van der Waals surface area contributed by atoms with Crippen LogP contribution < -0.4 is 9.47 Å². The van der Waals surface area contributed by atoms with Crippen molar-refractivity contribution < 1.29 is 14.3 Å². The van der Waals surface area contributed by atoms with Crippen LogP contribution in [-0.4, -0.2) is 44.3 Å². The summed E-state index contributed by atoms with van der Waals surface area (Å²) in [6.07, 6.45) is 0.955. The first-order valence-electron chi connectivity index (χ1n) is 5.87. The smallest absolute Gasteiger partial charge is 0.188 e. The van der Waals surface area contributed by atoms with Crippen molar-refractivity contribution >= 4 is 60.5 Å². The Morgan fingerprint density at radius 2 is 1.95 bits per heavy atom. The Bertz CT molecular complexity index is 457. The van der Waals surface area contributed by atoms with Crippen LogP contribution >= 0.6 is 36.1 Å². The largest absolute Gasteiger partial charge is 0.495 e. The summed E-state index contributed by atoms with van der Waals surface area (Å²) in [5.41, 5.74) is 0.758. The average Bonchev–Trinajstić information content (AvgIpc) is 2.37. The SMILES string of the molecule is CCC(C)PC(=O)c1c(OC)c(Cl)cc(Br)c1OC.[Li]. The second-order valence-corrected chi connectivity index (χ2v) is 7.05. The molecule has 0 heterocycles. The topological polar surface area (TPSA) is 35.5 Å². The fourth-order valence-electron chi connectivity index (χ4n) is 1.59. The van der Waals surface area contributed by atoms with Crippen LogP contribution in [0.4, 0.5) is 0 Å². The normalized spacial score (nSPS) is 12.1. The fourth-order valence-corrected chi connectivity index (χ4v) is 3.61. The van der Waals surface area contributed by atoms with E-state index >= 15 is 0 Å². The minimum Gasteiger partial charge on any atom is -0.495 e. The van der Waals surface area contributed by atoms with E-state index in [0.717, 1.165) is 6.42 Å². The van der Waals surface area contributed by atoms with Gasteiger partial charge in [-0.25, -0.2) is 0 Å². The summed E-state index contributed by atoms with van der Waals surface area (Å²) in [4.78, 5) is 12.5. The van der Waals surface area contributed by atoms with Crippen LogP contribution in [0.5, 0.6) is 11.5 Å². The molecule has 2 atom stereocenters. The van der Waals surface area contributed by atoms with Gasteiger partial charge in [-0.2, -0.15) is 0 Å². The number of hydrogen-bond acceptors (Lipinski definition) is 3. The molecule has 0 saturated carbocycles. The maximum atomic E-state index is 12.5. The molecule has 1 aromatic rings. The van der Waals surface area contributed by atoms with E-state index in [9.17, 15) is 4.79 Å². The monoisotopic (exact) mass is 373 g/mol. The van der Waals surface area contributed by atoms with Gasteiger partial charge in [-0.05, 0) is 42.7 Å². The molecule has 0 N–H and O–H groups in total. The summed E-state index contributed by atoms with van der Waals surface area (Å²) in [5.74, 6) is 0.851. The summed E-state index contributed by atoms with van der Waals surface area (Å²) in [6.45, 7) is 4.11. The van der Waals surface area contributed by atoms with Gasteiger partial charge in [0.05, 0.1) is 23.7 Å². The van der Waals surface area contributed by atoms with Crippen LogP contribution in [0.15, 0.2) is 10.5 Å². The van der Waals surface area contributed by atoms with Crippen LogP contribution in [0.3, 0.4) is 0 Å². The molecule has 2 unspecified atom stereocenters. The molecule has 1 aromatic carbocycles. The zero-order valence-corrected chi connectivity index (χ0v) is 15.7.